The van der Waals surface area contributed by atoms with Crippen LogP contribution in [0.25, 0.3) is 0 Å². The Morgan fingerprint density at radius 1 is 1.14 bits per heavy atom. The highest BCUT2D eigenvalue weighted by atomic mass is 16.5. The Kier molecular flexibility index (Phi) is 6.89. The van der Waals surface area contributed by atoms with Crippen molar-refractivity contribution in [3.05, 3.63) is 40.6 Å². The average molecular weight is 482 g/mol. The van der Waals surface area contributed by atoms with Gasteiger partial charge in [0.15, 0.2) is 5.78 Å². The summed E-state index contributed by atoms with van der Waals surface area (Å²) < 4.78 is 5.30. The molecule has 0 saturated carbocycles. The number of rotatable bonds is 6. The van der Waals surface area contributed by atoms with Crippen molar-refractivity contribution in [2.45, 2.75) is 31.7 Å². The van der Waals surface area contributed by atoms with E-state index < -0.39 is 12.1 Å². The van der Waals surface area contributed by atoms with Crippen LogP contribution in [-0.2, 0) is 9.53 Å². The van der Waals surface area contributed by atoms with E-state index in [1.54, 1.807) is 11.1 Å². The SMILES string of the molecule is NCCCC(=O)N1CCC(C2=C3C(=O)c4c(NC(=O)NN5CCOCC5)cccc4C3N=N2)CC1. The Bertz CT molecular complexity index is 1070. The van der Waals surface area contributed by atoms with Gasteiger partial charge in [-0.15, -0.1) is 0 Å². The Morgan fingerprint density at radius 2 is 1.91 bits per heavy atom. The standard InChI is InChI=1S/C24H31N7O4/c25-8-2-5-18(32)30-9-6-15(7-10-30)21-20-22(28-27-21)16-3-1-4-17(19(16)23(20)33)26-24(34)29-31-11-13-35-14-12-31/h1,3-4,15,22H,2,5-14,25H2,(H2,26,29,34). The van der Waals surface area contributed by atoms with Crippen molar-refractivity contribution < 1.29 is 19.1 Å². The number of carbonyl (C=O) groups is 3. The molecule has 1 aromatic carbocycles. The molecule has 1 aromatic rings. The summed E-state index contributed by atoms with van der Waals surface area (Å²) in [6.45, 7) is 4.12. The normalized spacial score (nSPS) is 22.4. The van der Waals surface area contributed by atoms with Crippen LogP contribution in [0.2, 0.25) is 0 Å². The quantitative estimate of drug-likeness (QED) is 0.567. The zero-order chi connectivity index (χ0) is 24.4. The average Bonchev–Trinajstić information content (AvgIpc) is 3.43. The van der Waals surface area contributed by atoms with Gasteiger partial charge in [-0.2, -0.15) is 10.2 Å². The summed E-state index contributed by atoms with van der Waals surface area (Å²) in [5, 5.41) is 13.5. The lowest BCUT2D eigenvalue weighted by molar-refractivity contribution is -0.132. The molecule has 186 valence electrons. The van der Waals surface area contributed by atoms with Crippen molar-refractivity contribution in [3.8, 4) is 0 Å². The minimum atomic E-state index is -0.430. The molecule has 0 aromatic heterocycles. The van der Waals surface area contributed by atoms with E-state index in [1.807, 2.05) is 17.0 Å². The number of benzene rings is 1. The highest BCUT2D eigenvalue weighted by Gasteiger charge is 2.44. The highest BCUT2D eigenvalue weighted by molar-refractivity contribution is 6.19. The summed E-state index contributed by atoms with van der Waals surface area (Å²) in [7, 11) is 0. The molecule has 2 fully saturated rings. The number of hydrogen-bond donors (Lipinski definition) is 3. The van der Waals surface area contributed by atoms with E-state index in [0.29, 0.717) is 75.6 Å². The number of nitrogens with two attached hydrogens (primary N) is 1. The number of fused-ring (bicyclic) bond motifs is 3. The zero-order valence-electron chi connectivity index (χ0n) is 19.7. The molecule has 4 N–H and O–H groups in total. The topological polar surface area (TPSA) is 142 Å². The molecule has 3 heterocycles. The smallest absolute Gasteiger partial charge is 0.333 e. The number of ketones is 1. The van der Waals surface area contributed by atoms with Crippen LogP contribution in [0.3, 0.4) is 0 Å². The molecule has 3 aliphatic heterocycles. The number of carbonyl (C=O) groups excluding carboxylic acids is 3. The summed E-state index contributed by atoms with van der Waals surface area (Å²) in [4.78, 5) is 40.4. The lowest BCUT2D eigenvalue weighted by Crippen LogP contribution is -2.49. The third-order valence-corrected chi connectivity index (χ3v) is 7.04. The first kappa shape index (κ1) is 23.6. The van der Waals surface area contributed by atoms with Gasteiger partial charge in [0.25, 0.3) is 0 Å². The number of azo groups is 1. The predicted molar refractivity (Wildman–Crippen MR) is 128 cm³/mol. The largest absolute Gasteiger partial charge is 0.379 e. The van der Waals surface area contributed by atoms with Gasteiger partial charge in [0, 0.05) is 38.5 Å². The molecule has 11 heteroatoms. The third-order valence-electron chi connectivity index (χ3n) is 7.04. The van der Waals surface area contributed by atoms with E-state index in [4.69, 9.17) is 10.5 Å². The van der Waals surface area contributed by atoms with Gasteiger partial charge in [-0.25, -0.2) is 9.80 Å². The Balaban J connectivity index is 1.29. The number of anilines is 1. The van der Waals surface area contributed by atoms with E-state index in [9.17, 15) is 14.4 Å². The number of urea groups is 1. The van der Waals surface area contributed by atoms with E-state index in [-0.39, 0.29) is 17.6 Å². The van der Waals surface area contributed by atoms with Crippen molar-refractivity contribution in [2.24, 2.45) is 21.9 Å². The van der Waals surface area contributed by atoms with Crippen molar-refractivity contribution in [3.63, 3.8) is 0 Å². The van der Waals surface area contributed by atoms with Gasteiger partial charge >= 0.3 is 6.03 Å². The molecule has 2 saturated heterocycles. The van der Waals surface area contributed by atoms with Gasteiger partial charge < -0.3 is 20.7 Å². The summed E-state index contributed by atoms with van der Waals surface area (Å²) in [5.74, 6) is 0.0817. The van der Waals surface area contributed by atoms with Crippen LogP contribution >= 0.6 is 0 Å². The number of nitrogens with zero attached hydrogens (tertiary/aromatic N) is 4. The minimum absolute atomic E-state index is 0.0802. The molecule has 5 rings (SSSR count). The first-order valence-electron chi connectivity index (χ1n) is 12.3. The number of hydrazine groups is 1. The van der Waals surface area contributed by atoms with Gasteiger partial charge in [-0.3, -0.25) is 15.0 Å². The Morgan fingerprint density at radius 3 is 2.66 bits per heavy atom. The maximum absolute atomic E-state index is 13.6. The monoisotopic (exact) mass is 481 g/mol. The Labute approximate surface area is 203 Å². The summed E-state index contributed by atoms with van der Waals surface area (Å²) in [6.07, 6.45) is 2.66. The van der Waals surface area contributed by atoms with Gasteiger partial charge in [-0.05, 0) is 37.4 Å². The van der Waals surface area contributed by atoms with Crippen molar-refractivity contribution in [1.29, 1.82) is 0 Å². The van der Waals surface area contributed by atoms with Crippen molar-refractivity contribution in [1.82, 2.24) is 15.3 Å². The first-order valence-corrected chi connectivity index (χ1v) is 12.3. The molecule has 1 unspecified atom stereocenters. The number of amides is 3. The second kappa shape index (κ2) is 10.2. The van der Waals surface area contributed by atoms with Gasteiger partial charge in [0.2, 0.25) is 5.91 Å². The fraction of sp³-hybridized carbons (Fsp3) is 0.542. The second-order valence-electron chi connectivity index (χ2n) is 9.23. The maximum Gasteiger partial charge on any atom is 0.333 e. The molecular weight excluding hydrogens is 450 g/mol. The molecule has 1 aliphatic carbocycles. The summed E-state index contributed by atoms with van der Waals surface area (Å²) >= 11 is 0. The number of hydrogen-bond acceptors (Lipinski definition) is 8. The molecule has 0 spiro atoms. The Hall–Kier alpha value is -3.15. The van der Waals surface area contributed by atoms with Gasteiger partial charge in [0.1, 0.15) is 6.04 Å². The number of likely N-dealkylation sites (tertiary alicyclic amines) is 1. The molecule has 35 heavy (non-hydrogen) atoms. The van der Waals surface area contributed by atoms with Crippen LogP contribution < -0.4 is 16.5 Å². The van der Waals surface area contributed by atoms with E-state index >= 15 is 0 Å². The lowest BCUT2D eigenvalue weighted by atomic mass is 9.89. The molecule has 11 nitrogen and oxygen atoms in total. The first-order chi connectivity index (χ1) is 17.1. The van der Waals surface area contributed by atoms with Crippen LogP contribution in [0.5, 0.6) is 0 Å². The molecule has 0 bridgehead atoms. The van der Waals surface area contributed by atoms with Crippen molar-refractivity contribution in [2.75, 3.05) is 51.3 Å². The second-order valence-corrected chi connectivity index (χ2v) is 9.23. The van der Waals surface area contributed by atoms with Crippen LogP contribution in [-0.4, -0.2) is 73.6 Å². The van der Waals surface area contributed by atoms with Crippen LogP contribution in [0.1, 0.15) is 47.6 Å². The van der Waals surface area contributed by atoms with Crippen LogP contribution in [0, 0.1) is 5.92 Å². The zero-order valence-corrected chi connectivity index (χ0v) is 19.7. The molecular formula is C24H31N7O4. The van der Waals surface area contributed by atoms with Gasteiger partial charge in [0.05, 0.1) is 35.7 Å². The number of piperidine rings is 1. The summed E-state index contributed by atoms with van der Waals surface area (Å²) in [5.41, 5.74) is 11.4. The third kappa shape index (κ3) is 4.71. The molecule has 0 radical (unpaired) electrons. The number of morpholine rings is 1. The predicted octanol–water partition coefficient (Wildman–Crippen LogP) is 1.99. The number of nitrogens with one attached hydrogen (secondary N) is 2. The highest BCUT2D eigenvalue weighted by Crippen LogP contribution is 2.49. The number of ether oxygens (including phenoxy) is 1. The van der Waals surface area contributed by atoms with E-state index in [1.165, 1.54) is 0 Å². The molecule has 1 atom stereocenters. The summed E-state index contributed by atoms with van der Waals surface area (Å²) in [6, 6.07) is 4.60. The fourth-order valence-electron chi connectivity index (χ4n) is 5.20. The molecule has 4 aliphatic rings. The number of allylic oxidation sites excluding steroid dienone is 1. The van der Waals surface area contributed by atoms with Crippen LogP contribution in [0.4, 0.5) is 10.5 Å². The molecule has 3 amide bonds. The fourth-order valence-corrected chi connectivity index (χ4v) is 5.20. The number of Topliss-reactive ketones (excluding diaryl/α,β-unsaturated/α-hetero) is 1. The lowest BCUT2D eigenvalue weighted by Gasteiger charge is -2.32. The van der Waals surface area contributed by atoms with Crippen LogP contribution in [0.15, 0.2) is 39.7 Å². The maximum atomic E-state index is 13.6. The minimum Gasteiger partial charge on any atom is -0.379 e. The van der Waals surface area contributed by atoms with Gasteiger partial charge in [-0.1, -0.05) is 12.1 Å². The van der Waals surface area contributed by atoms with Crippen molar-refractivity contribution >= 4 is 23.4 Å². The van der Waals surface area contributed by atoms with E-state index in [2.05, 4.69) is 21.0 Å². The van der Waals surface area contributed by atoms with E-state index in [0.717, 1.165) is 24.1 Å².